The quantitative estimate of drug-likeness (QED) is 0.778. The lowest BCUT2D eigenvalue weighted by Gasteiger charge is -2.07. The number of rotatable bonds is 6. The maximum absolute atomic E-state index is 4.28. The number of anilines is 1. The van der Waals surface area contributed by atoms with Gasteiger partial charge in [0.05, 0.1) is 0 Å². The minimum Gasteiger partial charge on any atom is -0.367 e. The van der Waals surface area contributed by atoms with Crippen LogP contribution in [-0.2, 0) is 0 Å². The Labute approximate surface area is 101 Å². The molecule has 5 heteroatoms. The highest BCUT2D eigenvalue weighted by molar-refractivity contribution is 5.61. The van der Waals surface area contributed by atoms with Crippen molar-refractivity contribution in [2.75, 3.05) is 11.9 Å². The topological polar surface area (TPSA) is 55.1 Å². The first-order valence-electron chi connectivity index (χ1n) is 6.15. The van der Waals surface area contributed by atoms with Gasteiger partial charge in [-0.25, -0.2) is 4.98 Å². The minimum absolute atomic E-state index is 0.785. The molecule has 5 nitrogen and oxygen atoms in total. The molecule has 1 N–H and O–H groups in total. The van der Waals surface area contributed by atoms with Crippen LogP contribution < -0.4 is 5.32 Å². The summed E-state index contributed by atoms with van der Waals surface area (Å²) in [5.41, 5.74) is 0.788. The van der Waals surface area contributed by atoms with E-state index in [0.29, 0.717) is 0 Å². The lowest BCUT2D eigenvalue weighted by atomic mass is 10.1. The van der Waals surface area contributed by atoms with Crippen LogP contribution in [0.2, 0.25) is 0 Å². The summed E-state index contributed by atoms with van der Waals surface area (Å²) in [6, 6.07) is 0. The number of hydrogen-bond acceptors (Lipinski definition) is 4. The molecule has 0 spiro atoms. The fraction of sp³-hybridized carbons (Fsp3) is 0.583. The second-order valence-corrected chi connectivity index (χ2v) is 4.65. The van der Waals surface area contributed by atoms with E-state index in [1.165, 1.54) is 12.8 Å². The zero-order chi connectivity index (χ0) is 12.1. The molecule has 0 radical (unpaired) electrons. The van der Waals surface area contributed by atoms with E-state index in [4.69, 9.17) is 0 Å². The van der Waals surface area contributed by atoms with Gasteiger partial charge in [-0.1, -0.05) is 26.7 Å². The summed E-state index contributed by atoms with van der Waals surface area (Å²) in [5, 5.41) is 11.2. The summed E-state index contributed by atoms with van der Waals surface area (Å²) in [4.78, 5) is 4.28. The number of nitrogens with one attached hydrogen (secondary N) is 1. The third-order valence-corrected chi connectivity index (χ3v) is 2.72. The van der Waals surface area contributed by atoms with Crippen LogP contribution in [0.1, 0.15) is 33.1 Å². The van der Waals surface area contributed by atoms with Gasteiger partial charge in [-0.05, 0) is 12.3 Å². The van der Waals surface area contributed by atoms with Gasteiger partial charge in [0.2, 0.25) is 5.65 Å². The van der Waals surface area contributed by atoms with Crippen molar-refractivity contribution in [3.63, 3.8) is 0 Å². The molecular weight excluding hydrogens is 214 g/mol. The van der Waals surface area contributed by atoms with Crippen LogP contribution in [0.3, 0.4) is 0 Å². The number of fused-ring (bicyclic) bond motifs is 1. The lowest BCUT2D eigenvalue weighted by molar-refractivity contribution is 0.544. The first-order chi connectivity index (χ1) is 8.27. The van der Waals surface area contributed by atoms with Crippen LogP contribution >= 0.6 is 0 Å². The predicted octanol–water partition coefficient (Wildman–Crippen LogP) is 2.36. The molecule has 0 unspecified atom stereocenters. The van der Waals surface area contributed by atoms with E-state index < -0.39 is 0 Å². The Balaban J connectivity index is 1.84. The average Bonchev–Trinajstić information content (AvgIpc) is 2.77. The van der Waals surface area contributed by atoms with Gasteiger partial charge in [0.15, 0.2) is 5.82 Å². The molecule has 17 heavy (non-hydrogen) atoms. The molecule has 2 aromatic heterocycles. The van der Waals surface area contributed by atoms with Crippen molar-refractivity contribution in [1.82, 2.24) is 19.6 Å². The van der Waals surface area contributed by atoms with Gasteiger partial charge in [-0.15, -0.1) is 10.2 Å². The maximum atomic E-state index is 4.28. The Morgan fingerprint density at radius 1 is 1.35 bits per heavy atom. The van der Waals surface area contributed by atoms with Crippen molar-refractivity contribution in [2.45, 2.75) is 33.1 Å². The van der Waals surface area contributed by atoms with Crippen LogP contribution in [0.5, 0.6) is 0 Å². The molecule has 92 valence electrons. The Morgan fingerprint density at radius 2 is 2.24 bits per heavy atom. The van der Waals surface area contributed by atoms with Crippen LogP contribution in [0.25, 0.3) is 5.65 Å². The summed E-state index contributed by atoms with van der Waals surface area (Å²) in [7, 11) is 0. The van der Waals surface area contributed by atoms with Crippen LogP contribution in [0.4, 0.5) is 5.82 Å². The van der Waals surface area contributed by atoms with Crippen molar-refractivity contribution in [3.05, 3.63) is 18.7 Å². The standard InChI is InChI=1S/C12H19N5/c1-10(2)5-3-4-6-13-11-12-16-15-9-17(12)8-7-14-11/h7-10H,3-6H2,1-2H3,(H,13,14). The molecule has 0 saturated heterocycles. The first kappa shape index (κ1) is 11.8. The number of hydrogen-bond donors (Lipinski definition) is 1. The van der Waals surface area contributed by atoms with Crippen LogP contribution in [0.15, 0.2) is 18.7 Å². The summed E-state index contributed by atoms with van der Waals surface area (Å²) < 4.78 is 1.86. The van der Waals surface area contributed by atoms with Gasteiger partial charge < -0.3 is 5.32 Å². The number of nitrogens with zero attached hydrogens (tertiary/aromatic N) is 4. The van der Waals surface area contributed by atoms with Crippen molar-refractivity contribution < 1.29 is 0 Å². The zero-order valence-corrected chi connectivity index (χ0v) is 10.4. The lowest BCUT2D eigenvalue weighted by Crippen LogP contribution is -2.05. The Kier molecular flexibility index (Phi) is 3.90. The van der Waals surface area contributed by atoms with Crippen LogP contribution in [0, 0.1) is 5.92 Å². The van der Waals surface area contributed by atoms with Gasteiger partial charge in [0.25, 0.3) is 0 Å². The van der Waals surface area contributed by atoms with E-state index >= 15 is 0 Å². The molecule has 0 aliphatic carbocycles. The largest absolute Gasteiger partial charge is 0.367 e. The molecule has 0 saturated carbocycles. The van der Waals surface area contributed by atoms with E-state index in [2.05, 4.69) is 34.3 Å². The van der Waals surface area contributed by atoms with E-state index in [1.807, 2.05) is 10.6 Å². The van der Waals surface area contributed by atoms with Crippen molar-refractivity contribution in [2.24, 2.45) is 5.92 Å². The van der Waals surface area contributed by atoms with E-state index in [9.17, 15) is 0 Å². The molecule has 2 heterocycles. The van der Waals surface area contributed by atoms with Gasteiger partial charge in [0.1, 0.15) is 6.33 Å². The van der Waals surface area contributed by atoms with E-state index in [1.54, 1.807) is 12.5 Å². The molecule has 0 amide bonds. The second-order valence-electron chi connectivity index (χ2n) is 4.65. The van der Waals surface area contributed by atoms with Gasteiger partial charge >= 0.3 is 0 Å². The maximum Gasteiger partial charge on any atom is 0.203 e. The molecule has 0 atom stereocenters. The van der Waals surface area contributed by atoms with Crippen molar-refractivity contribution in [3.8, 4) is 0 Å². The summed E-state index contributed by atoms with van der Waals surface area (Å²) in [6.45, 7) is 5.45. The molecule has 0 bridgehead atoms. The third kappa shape index (κ3) is 3.15. The average molecular weight is 233 g/mol. The van der Waals surface area contributed by atoms with Crippen LogP contribution in [-0.4, -0.2) is 26.1 Å². The van der Waals surface area contributed by atoms with Gasteiger partial charge in [-0.3, -0.25) is 4.40 Å². The molecule has 0 aliphatic heterocycles. The third-order valence-electron chi connectivity index (χ3n) is 2.72. The molecule has 0 fully saturated rings. The Hall–Kier alpha value is -1.65. The highest BCUT2D eigenvalue weighted by Gasteiger charge is 2.03. The normalized spacial score (nSPS) is 11.2. The SMILES string of the molecule is CC(C)CCCCNc1nccn2cnnc12. The number of aromatic nitrogens is 4. The van der Waals surface area contributed by atoms with Gasteiger partial charge in [-0.2, -0.15) is 0 Å². The van der Waals surface area contributed by atoms with Crippen molar-refractivity contribution >= 4 is 11.5 Å². The monoisotopic (exact) mass is 233 g/mol. The van der Waals surface area contributed by atoms with E-state index in [0.717, 1.165) is 30.3 Å². The van der Waals surface area contributed by atoms with Crippen molar-refractivity contribution in [1.29, 1.82) is 0 Å². The fourth-order valence-corrected chi connectivity index (χ4v) is 1.77. The zero-order valence-electron chi connectivity index (χ0n) is 10.4. The molecule has 0 aliphatic rings. The van der Waals surface area contributed by atoms with Gasteiger partial charge in [0, 0.05) is 18.9 Å². The smallest absolute Gasteiger partial charge is 0.203 e. The summed E-state index contributed by atoms with van der Waals surface area (Å²) >= 11 is 0. The Bertz CT molecular complexity index is 463. The molecule has 2 rings (SSSR count). The summed E-state index contributed by atoms with van der Waals surface area (Å²) in [5.74, 6) is 1.60. The number of unbranched alkanes of at least 4 members (excludes halogenated alkanes) is 1. The van der Waals surface area contributed by atoms with E-state index in [-0.39, 0.29) is 0 Å². The second kappa shape index (κ2) is 5.61. The minimum atomic E-state index is 0.785. The first-order valence-corrected chi connectivity index (χ1v) is 6.15. The molecular formula is C12H19N5. The molecule has 2 aromatic rings. The fourth-order valence-electron chi connectivity index (χ4n) is 1.77. The highest BCUT2D eigenvalue weighted by Crippen LogP contribution is 2.11. The predicted molar refractivity (Wildman–Crippen MR) is 68.0 cm³/mol. The molecule has 0 aromatic carbocycles. The summed E-state index contributed by atoms with van der Waals surface area (Å²) in [6.07, 6.45) is 8.98. The highest BCUT2D eigenvalue weighted by atomic mass is 15.2. The Morgan fingerprint density at radius 3 is 3.06 bits per heavy atom.